The van der Waals surface area contributed by atoms with Crippen molar-refractivity contribution in [3.05, 3.63) is 28.0 Å². The second-order valence-corrected chi connectivity index (χ2v) is 4.38. The number of nitrogens with one attached hydrogen (secondary N) is 1. The molecular weight excluding hydrogens is 194 g/mol. The molecule has 1 aromatic rings. The van der Waals surface area contributed by atoms with E-state index in [2.05, 4.69) is 5.32 Å². The molecule has 2 rings (SSSR count). The van der Waals surface area contributed by atoms with E-state index in [9.17, 15) is 4.79 Å². The zero-order valence-corrected chi connectivity index (χ0v) is 8.77. The molecule has 3 heteroatoms. The Bertz CT molecular complexity index is 340. The van der Waals surface area contributed by atoms with Crippen LogP contribution in [0.25, 0.3) is 6.08 Å². The zero-order valence-electron chi connectivity index (χ0n) is 7.95. The predicted molar refractivity (Wildman–Crippen MR) is 59.2 cm³/mol. The maximum absolute atomic E-state index is 11.6. The summed E-state index contributed by atoms with van der Waals surface area (Å²) >= 11 is 1.67. The van der Waals surface area contributed by atoms with Crippen LogP contribution in [-0.2, 0) is 4.79 Å². The van der Waals surface area contributed by atoms with Gasteiger partial charge in [0, 0.05) is 17.0 Å². The van der Waals surface area contributed by atoms with E-state index in [1.165, 1.54) is 0 Å². The third kappa shape index (κ3) is 2.23. The first-order valence-electron chi connectivity index (χ1n) is 4.88. The molecule has 0 unspecified atom stereocenters. The van der Waals surface area contributed by atoms with Crippen LogP contribution in [0.1, 0.15) is 24.1 Å². The second kappa shape index (κ2) is 4.42. The standard InChI is InChI=1S/C11H13NOS/c13-11-9(4-1-2-6-12-11)8-10-5-3-7-14-10/h3,5,7-8H,1-2,4,6H2,(H,12,13)/b9-8+. The van der Waals surface area contributed by atoms with Gasteiger partial charge in [0.25, 0.3) is 0 Å². The Balaban J connectivity index is 2.18. The van der Waals surface area contributed by atoms with Crippen molar-refractivity contribution in [1.29, 1.82) is 0 Å². The summed E-state index contributed by atoms with van der Waals surface area (Å²) in [7, 11) is 0. The minimum Gasteiger partial charge on any atom is -0.352 e. The van der Waals surface area contributed by atoms with Crippen molar-refractivity contribution in [2.75, 3.05) is 6.54 Å². The van der Waals surface area contributed by atoms with Gasteiger partial charge < -0.3 is 5.32 Å². The number of rotatable bonds is 1. The maximum atomic E-state index is 11.6. The summed E-state index contributed by atoms with van der Waals surface area (Å²) in [5.41, 5.74) is 0.921. The van der Waals surface area contributed by atoms with E-state index in [4.69, 9.17) is 0 Å². The van der Waals surface area contributed by atoms with Gasteiger partial charge in [-0.1, -0.05) is 6.07 Å². The third-order valence-electron chi connectivity index (χ3n) is 2.31. The van der Waals surface area contributed by atoms with Crippen molar-refractivity contribution in [1.82, 2.24) is 5.32 Å². The zero-order chi connectivity index (χ0) is 9.80. The van der Waals surface area contributed by atoms with Gasteiger partial charge >= 0.3 is 0 Å². The predicted octanol–water partition coefficient (Wildman–Crippen LogP) is 2.43. The van der Waals surface area contributed by atoms with E-state index >= 15 is 0 Å². The van der Waals surface area contributed by atoms with Crippen molar-refractivity contribution >= 4 is 23.3 Å². The van der Waals surface area contributed by atoms with Crippen LogP contribution in [-0.4, -0.2) is 12.5 Å². The molecule has 0 radical (unpaired) electrons. The Morgan fingerprint density at radius 3 is 3.14 bits per heavy atom. The topological polar surface area (TPSA) is 29.1 Å². The van der Waals surface area contributed by atoms with Gasteiger partial charge in [-0.15, -0.1) is 11.3 Å². The Morgan fingerprint density at radius 1 is 1.43 bits per heavy atom. The molecule has 2 nitrogen and oxygen atoms in total. The summed E-state index contributed by atoms with van der Waals surface area (Å²) in [5.74, 6) is 0.107. The lowest BCUT2D eigenvalue weighted by molar-refractivity contribution is -0.117. The van der Waals surface area contributed by atoms with Gasteiger partial charge in [-0.2, -0.15) is 0 Å². The summed E-state index contributed by atoms with van der Waals surface area (Å²) in [6.07, 6.45) is 5.11. The van der Waals surface area contributed by atoms with Gasteiger partial charge in [0.2, 0.25) is 5.91 Å². The molecule has 1 aliphatic rings. The van der Waals surface area contributed by atoms with Gasteiger partial charge in [0.15, 0.2) is 0 Å². The minimum atomic E-state index is 0.107. The Kier molecular flexibility index (Phi) is 2.99. The molecule has 0 aliphatic carbocycles. The first-order chi connectivity index (χ1) is 6.86. The summed E-state index contributed by atoms with van der Waals surface area (Å²) in [6, 6.07) is 4.04. The quantitative estimate of drug-likeness (QED) is 0.704. The highest BCUT2D eigenvalue weighted by molar-refractivity contribution is 7.10. The first kappa shape index (κ1) is 9.46. The number of amides is 1. The van der Waals surface area contributed by atoms with Crippen molar-refractivity contribution in [3.63, 3.8) is 0 Å². The molecule has 1 fully saturated rings. The van der Waals surface area contributed by atoms with Crippen molar-refractivity contribution in [2.24, 2.45) is 0 Å². The second-order valence-electron chi connectivity index (χ2n) is 3.40. The van der Waals surface area contributed by atoms with Gasteiger partial charge in [-0.05, 0) is 36.8 Å². The molecule has 1 aromatic heterocycles. The summed E-state index contributed by atoms with van der Waals surface area (Å²) in [6.45, 7) is 0.820. The molecule has 0 atom stereocenters. The van der Waals surface area contributed by atoms with Crippen LogP contribution in [0, 0.1) is 0 Å². The van der Waals surface area contributed by atoms with Gasteiger partial charge in [-0.3, -0.25) is 4.79 Å². The molecule has 0 bridgehead atoms. The van der Waals surface area contributed by atoms with Crippen LogP contribution in [0.4, 0.5) is 0 Å². The molecular formula is C11H13NOS. The number of hydrogen-bond acceptors (Lipinski definition) is 2. The lowest BCUT2D eigenvalue weighted by atomic mass is 10.1. The smallest absolute Gasteiger partial charge is 0.247 e. The van der Waals surface area contributed by atoms with Crippen LogP contribution in [0.2, 0.25) is 0 Å². The molecule has 1 N–H and O–H groups in total. The average Bonchev–Trinajstić information content (AvgIpc) is 2.60. The van der Waals surface area contributed by atoms with Crippen molar-refractivity contribution in [3.8, 4) is 0 Å². The summed E-state index contributed by atoms with van der Waals surface area (Å²) in [5, 5.41) is 4.93. The summed E-state index contributed by atoms with van der Waals surface area (Å²) < 4.78 is 0. The van der Waals surface area contributed by atoms with Crippen LogP contribution in [0.3, 0.4) is 0 Å². The van der Waals surface area contributed by atoms with Crippen molar-refractivity contribution < 1.29 is 4.79 Å². The van der Waals surface area contributed by atoms with Crippen molar-refractivity contribution in [2.45, 2.75) is 19.3 Å². The van der Waals surface area contributed by atoms with E-state index in [1.807, 2.05) is 23.6 Å². The molecule has 14 heavy (non-hydrogen) atoms. The lowest BCUT2D eigenvalue weighted by Gasteiger charge is -2.00. The molecule has 0 saturated carbocycles. The largest absolute Gasteiger partial charge is 0.352 e. The fraction of sp³-hybridized carbons (Fsp3) is 0.364. The van der Waals surface area contributed by atoms with Crippen LogP contribution >= 0.6 is 11.3 Å². The Morgan fingerprint density at radius 2 is 2.36 bits per heavy atom. The monoisotopic (exact) mass is 207 g/mol. The normalized spacial score (nSPS) is 20.6. The number of hydrogen-bond donors (Lipinski definition) is 1. The molecule has 0 aromatic carbocycles. The molecule has 74 valence electrons. The van der Waals surface area contributed by atoms with Gasteiger partial charge in [-0.25, -0.2) is 0 Å². The SMILES string of the molecule is O=C1NCCCC/C1=C\c1cccs1. The molecule has 0 spiro atoms. The number of carbonyl (C=O) groups excluding carboxylic acids is 1. The highest BCUT2D eigenvalue weighted by atomic mass is 32.1. The van der Waals surface area contributed by atoms with E-state index in [0.717, 1.165) is 36.3 Å². The lowest BCUT2D eigenvalue weighted by Crippen LogP contribution is -2.23. The Hall–Kier alpha value is -1.09. The molecule has 1 saturated heterocycles. The highest BCUT2D eigenvalue weighted by Crippen LogP contribution is 2.18. The fourth-order valence-corrected chi connectivity index (χ4v) is 2.23. The molecule has 1 aliphatic heterocycles. The maximum Gasteiger partial charge on any atom is 0.247 e. The fourth-order valence-electron chi connectivity index (χ4n) is 1.55. The summed E-state index contributed by atoms with van der Waals surface area (Å²) in [4.78, 5) is 12.7. The van der Waals surface area contributed by atoms with E-state index in [0.29, 0.717) is 0 Å². The molecule has 2 heterocycles. The third-order valence-corrected chi connectivity index (χ3v) is 3.13. The Labute approximate surface area is 87.6 Å². The van der Waals surface area contributed by atoms with E-state index < -0.39 is 0 Å². The van der Waals surface area contributed by atoms with Crippen LogP contribution < -0.4 is 5.32 Å². The first-order valence-corrected chi connectivity index (χ1v) is 5.76. The highest BCUT2D eigenvalue weighted by Gasteiger charge is 2.12. The minimum absolute atomic E-state index is 0.107. The van der Waals surface area contributed by atoms with E-state index in [-0.39, 0.29) is 5.91 Å². The average molecular weight is 207 g/mol. The van der Waals surface area contributed by atoms with Gasteiger partial charge in [0.1, 0.15) is 0 Å². The molecule has 1 amide bonds. The number of thiophene rings is 1. The van der Waals surface area contributed by atoms with E-state index in [1.54, 1.807) is 11.3 Å². The van der Waals surface area contributed by atoms with Gasteiger partial charge in [0.05, 0.1) is 0 Å². The van der Waals surface area contributed by atoms with Crippen LogP contribution in [0.15, 0.2) is 23.1 Å². The van der Waals surface area contributed by atoms with Crippen LogP contribution in [0.5, 0.6) is 0 Å². The number of carbonyl (C=O) groups is 1.